The second-order valence-corrected chi connectivity index (χ2v) is 3.28. The maximum absolute atomic E-state index is 11.1. The van der Waals surface area contributed by atoms with Crippen molar-refractivity contribution in [2.45, 2.75) is 11.6 Å². The number of aromatic nitrogens is 2. The lowest BCUT2D eigenvalue weighted by atomic mass is 10.3. The molecule has 0 atom stereocenters. The van der Waals surface area contributed by atoms with E-state index in [2.05, 4.69) is 9.97 Å². The van der Waals surface area contributed by atoms with Crippen LogP contribution in [0.25, 0.3) is 0 Å². The molecule has 4 nitrogen and oxygen atoms in total. The van der Waals surface area contributed by atoms with E-state index in [9.17, 15) is 4.79 Å². The average Bonchev–Trinajstić information content (AvgIpc) is 2.14. The Morgan fingerprint density at radius 2 is 2.46 bits per heavy atom. The molecule has 5 heteroatoms. The van der Waals surface area contributed by atoms with Crippen molar-refractivity contribution < 1.29 is 4.74 Å². The Balaban J connectivity index is 2.82. The van der Waals surface area contributed by atoms with Gasteiger partial charge in [0.25, 0.3) is 5.56 Å². The summed E-state index contributed by atoms with van der Waals surface area (Å²) in [5.74, 6) is 0. The molecular formula is C8H12N2O2S. The zero-order chi connectivity index (χ0) is 9.68. The number of hydrogen-bond donors (Lipinski definition) is 1. The first-order valence-corrected chi connectivity index (χ1v) is 5.12. The van der Waals surface area contributed by atoms with Gasteiger partial charge in [-0.15, -0.1) is 0 Å². The van der Waals surface area contributed by atoms with E-state index in [1.54, 1.807) is 7.11 Å². The molecule has 1 rings (SSSR count). The summed E-state index contributed by atoms with van der Waals surface area (Å²) >= 11 is 1.42. The molecule has 0 saturated carbocycles. The van der Waals surface area contributed by atoms with Gasteiger partial charge in [-0.3, -0.25) is 4.79 Å². The van der Waals surface area contributed by atoms with Gasteiger partial charge in [-0.1, -0.05) is 11.8 Å². The van der Waals surface area contributed by atoms with Crippen LogP contribution in [0.4, 0.5) is 0 Å². The Hall–Kier alpha value is -0.810. The summed E-state index contributed by atoms with van der Waals surface area (Å²) in [6.45, 7) is 0.588. The van der Waals surface area contributed by atoms with Crippen LogP contribution < -0.4 is 5.56 Å². The second kappa shape index (κ2) is 5.04. The summed E-state index contributed by atoms with van der Waals surface area (Å²) in [5, 5.41) is 0.651. The maximum atomic E-state index is 11.1. The number of hydrogen-bond acceptors (Lipinski definition) is 4. The third-order valence-corrected chi connectivity index (χ3v) is 2.11. The minimum atomic E-state index is -0.106. The van der Waals surface area contributed by atoms with Crippen molar-refractivity contribution in [3.63, 3.8) is 0 Å². The highest BCUT2D eigenvalue weighted by atomic mass is 32.2. The van der Waals surface area contributed by atoms with Crippen molar-refractivity contribution in [1.82, 2.24) is 9.97 Å². The summed E-state index contributed by atoms with van der Waals surface area (Å²) in [7, 11) is 1.63. The summed E-state index contributed by atoms with van der Waals surface area (Å²) < 4.78 is 4.90. The van der Waals surface area contributed by atoms with Gasteiger partial charge >= 0.3 is 0 Å². The fourth-order valence-electron chi connectivity index (χ4n) is 0.915. The molecule has 0 aliphatic carbocycles. The van der Waals surface area contributed by atoms with Crippen LogP contribution in [0.5, 0.6) is 0 Å². The molecule has 0 aliphatic heterocycles. The molecular weight excluding hydrogens is 188 g/mol. The first-order valence-electron chi connectivity index (χ1n) is 3.89. The Morgan fingerprint density at radius 3 is 3.08 bits per heavy atom. The van der Waals surface area contributed by atoms with Crippen LogP contribution in [0.15, 0.2) is 16.0 Å². The van der Waals surface area contributed by atoms with Crippen LogP contribution in [0, 0.1) is 0 Å². The van der Waals surface area contributed by atoms with Gasteiger partial charge in [0.15, 0.2) is 5.16 Å². The smallest absolute Gasteiger partial charge is 0.251 e. The highest BCUT2D eigenvalue weighted by Crippen LogP contribution is 2.05. The van der Waals surface area contributed by atoms with Gasteiger partial charge in [0, 0.05) is 19.6 Å². The molecule has 0 aliphatic rings. The first kappa shape index (κ1) is 10.3. The highest BCUT2D eigenvalue weighted by molar-refractivity contribution is 7.98. The normalized spacial score (nSPS) is 10.3. The van der Waals surface area contributed by atoms with E-state index >= 15 is 0 Å². The Bertz CT molecular complexity index is 324. The van der Waals surface area contributed by atoms with E-state index in [4.69, 9.17) is 4.74 Å². The van der Waals surface area contributed by atoms with Crippen molar-refractivity contribution in [2.24, 2.45) is 0 Å². The number of ether oxygens (including phenoxy) is 1. The number of aromatic amines is 1. The fraction of sp³-hybridized carbons (Fsp3) is 0.500. The van der Waals surface area contributed by atoms with Gasteiger partial charge in [-0.25, -0.2) is 4.98 Å². The van der Waals surface area contributed by atoms with E-state index in [1.807, 2.05) is 6.26 Å². The monoisotopic (exact) mass is 200 g/mol. The zero-order valence-corrected chi connectivity index (χ0v) is 8.48. The number of nitrogens with zero attached hydrogens (tertiary/aromatic N) is 1. The van der Waals surface area contributed by atoms with Gasteiger partial charge in [0.05, 0.1) is 12.3 Å². The molecule has 13 heavy (non-hydrogen) atoms. The van der Waals surface area contributed by atoms with Crippen molar-refractivity contribution in [1.29, 1.82) is 0 Å². The first-order chi connectivity index (χ1) is 6.26. The number of H-pyrrole nitrogens is 1. The second-order valence-electron chi connectivity index (χ2n) is 2.49. The molecule has 0 fully saturated rings. The predicted molar refractivity (Wildman–Crippen MR) is 52.2 cm³/mol. The van der Waals surface area contributed by atoms with E-state index in [1.165, 1.54) is 17.8 Å². The standard InChI is InChI=1S/C8H12N2O2S/c1-12-4-3-6-5-7(11)10-8(9-6)13-2/h5H,3-4H2,1-2H3,(H,9,10,11). The molecule has 0 radical (unpaired) electrons. The minimum Gasteiger partial charge on any atom is -0.384 e. The third-order valence-electron chi connectivity index (χ3n) is 1.53. The van der Waals surface area contributed by atoms with Crippen molar-refractivity contribution in [3.05, 3.63) is 22.1 Å². The average molecular weight is 200 g/mol. The van der Waals surface area contributed by atoms with E-state index in [-0.39, 0.29) is 5.56 Å². The van der Waals surface area contributed by atoms with Gasteiger partial charge in [0.2, 0.25) is 0 Å². The molecule has 0 bridgehead atoms. The van der Waals surface area contributed by atoms with Crippen LogP contribution in [0.2, 0.25) is 0 Å². The molecule has 0 spiro atoms. The molecule has 72 valence electrons. The zero-order valence-electron chi connectivity index (χ0n) is 7.66. The lowest BCUT2D eigenvalue weighted by molar-refractivity contribution is 0.201. The number of thioether (sulfide) groups is 1. The van der Waals surface area contributed by atoms with Crippen molar-refractivity contribution in [2.75, 3.05) is 20.0 Å². The number of nitrogens with one attached hydrogen (secondary N) is 1. The molecule has 1 heterocycles. The molecule has 0 aromatic carbocycles. The van der Waals surface area contributed by atoms with Gasteiger partial charge < -0.3 is 9.72 Å². The topological polar surface area (TPSA) is 55.0 Å². The number of rotatable bonds is 4. The molecule has 1 N–H and O–H groups in total. The Labute approximate surface area is 80.7 Å². The van der Waals surface area contributed by atoms with Crippen LogP contribution in [0.1, 0.15) is 5.69 Å². The quantitative estimate of drug-likeness (QED) is 0.573. The molecule has 0 saturated heterocycles. The Kier molecular flexibility index (Phi) is 3.98. The fourth-order valence-corrected chi connectivity index (χ4v) is 1.33. The van der Waals surface area contributed by atoms with Crippen molar-refractivity contribution in [3.8, 4) is 0 Å². The largest absolute Gasteiger partial charge is 0.384 e. The van der Waals surface area contributed by atoms with Gasteiger partial charge in [-0.05, 0) is 6.26 Å². The van der Waals surface area contributed by atoms with Crippen molar-refractivity contribution >= 4 is 11.8 Å². The van der Waals surface area contributed by atoms with E-state index in [0.29, 0.717) is 18.2 Å². The maximum Gasteiger partial charge on any atom is 0.251 e. The van der Waals surface area contributed by atoms with Crippen LogP contribution in [0.3, 0.4) is 0 Å². The third kappa shape index (κ3) is 3.20. The summed E-state index contributed by atoms with van der Waals surface area (Å²) in [6, 6.07) is 1.50. The minimum absolute atomic E-state index is 0.106. The molecule has 0 amide bonds. The summed E-state index contributed by atoms with van der Waals surface area (Å²) in [4.78, 5) is 17.9. The lowest BCUT2D eigenvalue weighted by Gasteiger charge is -2.00. The van der Waals surface area contributed by atoms with Crippen LogP contribution >= 0.6 is 11.8 Å². The van der Waals surface area contributed by atoms with E-state index in [0.717, 1.165) is 5.69 Å². The van der Waals surface area contributed by atoms with Crippen LogP contribution in [-0.2, 0) is 11.2 Å². The molecule has 1 aromatic heterocycles. The predicted octanol–water partition coefficient (Wildman–Crippen LogP) is 0.681. The van der Waals surface area contributed by atoms with Crippen LogP contribution in [-0.4, -0.2) is 29.9 Å². The highest BCUT2D eigenvalue weighted by Gasteiger charge is 1.99. The van der Waals surface area contributed by atoms with Gasteiger partial charge in [0.1, 0.15) is 0 Å². The summed E-state index contributed by atoms with van der Waals surface area (Å²) in [5.41, 5.74) is 0.667. The molecule has 0 unspecified atom stereocenters. The SMILES string of the molecule is COCCc1cc(=O)[nH]c(SC)n1. The number of methoxy groups -OCH3 is 1. The molecule has 1 aromatic rings. The summed E-state index contributed by atoms with van der Waals surface area (Å²) in [6.07, 6.45) is 2.55. The van der Waals surface area contributed by atoms with E-state index < -0.39 is 0 Å². The van der Waals surface area contributed by atoms with Gasteiger partial charge in [-0.2, -0.15) is 0 Å². The lowest BCUT2D eigenvalue weighted by Crippen LogP contribution is -2.11. The Morgan fingerprint density at radius 1 is 1.69 bits per heavy atom.